The van der Waals surface area contributed by atoms with Crippen molar-refractivity contribution in [2.24, 2.45) is 0 Å². The average molecular weight is 304 g/mol. The highest BCUT2D eigenvalue weighted by Crippen LogP contribution is 2.29. The molecule has 0 saturated heterocycles. The second-order valence-corrected chi connectivity index (χ2v) is 4.51. The SMILES string of the molecule is CCOc1cc(C=O)ccc1OCc1ccc(OC)c(F)c1. The molecular formula is C17H17FO4. The third-order valence-corrected chi connectivity index (χ3v) is 3.01. The van der Waals surface area contributed by atoms with Crippen molar-refractivity contribution in [1.29, 1.82) is 0 Å². The minimum absolute atomic E-state index is 0.182. The highest BCUT2D eigenvalue weighted by Gasteiger charge is 2.08. The van der Waals surface area contributed by atoms with Crippen molar-refractivity contribution in [1.82, 2.24) is 0 Å². The van der Waals surface area contributed by atoms with Crippen LogP contribution in [0, 0.1) is 5.82 Å². The van der Waals surface area contributed by atoms with Crippen molar-refractivity contribution in [3.05, 3.63) is 53.3 Å². The van der Waals surface area contributed by atoms with Gasteiger partial charge in [0.15, 0.2) is 23.1 Å². The van der Waals surface area contributed by atoms with Gasteiger partial charge in [0, 0.05) is 5.56 Å². The number of ether oxygens (including phenoxy) is 3. The Morgan fingerprint density at radius 3 is 2.45 bits per heavy atom. The molecule has 0 amide bonds. The second kappa shape index (κ2) is 7.45. The van der Waals surface area contributed by atoms with Crippen LogP contribution in [-0.4, -0.2) is 20.0 Å². The van der Waals surface area contributed by atoms with E-state index < -0.39 is 5.82 Å². The first-order valence-corrected chi connectivity index (χ1v) is 6.85. The summed E-state index contributed by atoms with van der Waals surface area (Å²) in [5.74, 6) is 0.740. The summed E-state index contributed by atoms with van der Waals surface area (Å²) in [5.41, 5.74) is 1.17. The normalized spacial score (nSPS) is 10.1. The van der Waals surface area contributed by atoms with Crippen LogP contribution in [-0.2, 0) is 6.61 Å². The van der Waals surface area contributed by atoms with E-state index in [1.807, 2.05) is 6.92 Å². The molecule has 4 nitrogen and oxygen atoms in total. The Kier molecular flexibility index (Phi) is 5.36. The summed E-state index contributed by atoms with van der Waals surface area (Å²) in [6, 6.07) is 9.54. The van der Waals surface area contributed by atoms with E-state index in [2.05, 4.69) is 0 Å². The van der Waals surface area contributed by atoms with Gasteiger partial charge in [0.25, 0.3) is 0 Å². The fourth-order valence-corrected chi connectivity index (χ4v) is 1.95. The van der Waals surface area contributed by atoms with Crippen molar-refractivity contribution < 1.29 is 23.4 Å². The number of methoxy groups -OCH3 is 1. The lowest BCUT2D eigenvalue weighted by Gasteiger charge is -2.12. The number of rotatable bonds is 7. The second-order valence-electron chi connectivity index (χ2n) is 4.51. The zero-order chi connectivity index (χ0) is 15.9. The van der Waals surface area contributed by atoms with Gasteiger partial charge in [-0.1, -0.05) is 6.07 Å². The third kappa shape index (κ3) is 3.75. The Labute approximate surface area is 128 Å². The molecule has 0 bridgehead atoms. The van der Waals surface area contributed by atoms with E-state index in [1.165, 1.54) is 13.2 Å². The Hall–Kier alpha value is -2.56. The van der Waals surface area contributed by atoms with E-state index in [-0.39, 0.29) is 12.4 Å². The lowest BCUT2D eigenvalue weighted by atomic mass is 10.2. The predicted octanol–water partition coefficient (Wildman–Crippen LogP) is 3.62. The molecule has 2 rings (SSSR count). The lowest BCUT2D eigenvalue weighted by Crippen LogP contribution is -2.01. The first-order chi connectivity index (χ1) is 10.7. The monoisotopic (exact) mass is 304 g/mol. The molecule has 0 aliphatic carbocycles. The largest absolute Gasteiger partial charge is 0.494 e. The third-order valence-electron chi connectivity index (χ3n) is 3.01. The van der Waals surface area contributed by atoms with Gasteiger partial charge in [-0.3, -0.25) is 4.79 Å². The van der Waals surface area contributed by atoms with Gasteiger partial charge in [-0.25, -0.2) is 4.39 Å². The summed E-state index contributed by atoms with van der Waals surface area (Å²) < 4.78 is 29.6. The summed E-state index contributed by atoms with van der Waals surface area (Å²) in [5, 5.41) is 0. The molecule has 0 N–H and O–H groups in total. The van der Waals surface area contributed by atoms with Crippen LogP contribution in [0.2, 0.25) is 0 Å². The van der Waals surface area contributed by atoms with Crippen molar-refractivity contribution in [3.8, 4) is 17.2 Å². The summed E-state index contributed by atoms with van der Waals surface area (Å²) in [6.45, 7) is 2.48. The first-order valence-electron chi connectivity index (χ1n) is 6.85. The Morgan fingerprint density at radius 2 is 1.82 bits per heavy atom. The maximum absolute atomic E-state index is 13.6. The minimum atomic E-state index is -0.440. The Bertz CT molecular complexity index is 655. The molecule has 0 saturated carbocycles. The smallest absolute Gasteiger partial charge is 0.165 e. The van der Waals surface area contributed by atoms with Crippen molar-refractivity contribution in [3.63, 3.8) is 0 Å². The van der Waals surface area contributed by atoms with E-state index in [0.717, 1.165) is 6.29 Å². The number of carbonyl (C=O) groups is 1. The molecule has 0 heterocycles. The molecule has 2 aromatic carbocycles. The van der Waals surface area contributed by atoms with Crippen LogP contribution in [0.4, 0.5) is 4.39 Å². The summed E-state index contributed by atoms with van der Waals surface area (Å²) >= 11 is 0. The predicted molar refractivity (Wildman–Crippen MR) is 80.3 cm³/mol. The minimum Gasteiger partial charge on any atom is -0.494 e. The highest BCUT2D eigenvalue weighted by atomic mass is 19.1. The quantitative estimate of drug-likeness (QED) is 0.733. The number of carbonyl (C=O) groups excluding carboxylic acids is 1. The van der Waals surface area contributed by atoms with Crippen molar-refractivity contribution in [2.75, 3.05) is 13.7 Å². The zero-order valence-electron chi connectivity index (χ0n) is 12.5. The molecule has 0 aromatic heterocycles. The fraction of sp³-hybridized carbons (Fsp3) is 0.235. The molecule has 2 aromatic rings. The van der Waals surface area contributed by atoms with Crippen LogP contribution in [0.15, 0.2) is 36.4 Å². The van der Waals surface area contributed by atoms with Gasteiger partial charge >= 0.3 is 0 Å². The fourth-order valence-electron chi connectivity index (χ4n) is 1.95. The van der Waals surface area contributed by atoms with Crippen LogP contribution in [0.1, 0.15) is 22.8 Å². The molecule has 5 heteroatoms. The van der Waals surface area contributed by atoms with Gasteiger partial charge in [0.05, 0.1) is 13.7 Å². The van der Waals surface area contributed by atoms with Gasteiger partial charge < -0.3 is 14.2 Å². The van der Waals surface area contributed by atoms with Gasteiger partial charge in [-0.2, -0.15) is 0 Å². The van der Waals surface area contributed by atoms with Gasteiger partial charge in [-0.05, 0) is 42.8 Å². The molecule has 0 spiro atoms. The topological polar surface area (TPSA) is 44.8 Å². The molecular weight excluding hydrogens is 287 g/mol. The van der Waals surface area contributed by atoms with Crippen LogP contribution in [0.5, 0.6) is 17.2 Å². The number of aldehydes is 1. The van der Waals surface area contributed by atoms with Crippen LogP contribution < -0.4 is 14.2 Å². The highest BCUT2D eigenvalue weighted by molar-refractivity contribution is 5.76. The van der Waals surface area contributed by atoms with Crippen LogP contribution in [0.25, 0.3) is 0 Å². The molecule has 0 aliphatic heterocycles. The molecule has 0 fully saturated rings. The average Bonchev–Trinajstić information content (AvgIpc) is 2.54. The van der Waals surface area contributed by atoms with Crippen molar-refractivity contribution in [2.45, 2.75) is 13.5 Å². The molecule has 0 radical (unpaired) electrons. The van der Waals surface area contributed by atoms with E-state index in [0.29, 0.717) is 29.2 Å². The molecule has 0 unspecified atom stereocenters. The first kappa shape index (κ1) is 15.8. The van der Waals surface area contributed by atoms with E-state index in [1.54, 1.807) is 30.3 Å². The molecule has 0 atom stereocenters. The van der Waals surface area contributed by atoms with Gasteiger partial charge in [0.1, 0.15) is 12.9 Å². The van der Waals surface area contributed by atoms with Crippen LogP contribution >= 0.6 is 0 Å². The van der Waals surface area contributed by atoms with E-state index in [9.17, 15) is 9.18 Å². The Morgan fingerprint density at radius 1 is 1.05 bits per heavy atom. The molecule has 116 valence electrons. The van der Waals surface area contributed by atoms with E-state index >= 15 is 0 Å². The summed E-state index contributed by atoms with van der Waals surface area (Å²) in [7, 11) is 1.41. The number of benzene rings is 2. The number of halogens is 1. The standard InChI is InChI=1S/C17H17FO4/c1-3-21-17-9-12(10-19)4-7-16(17)22-11-13-5-6-15(20-2)14(18)8-13/h4-10H,3,11H2,1-2H3. The maximum atomic E-state index is 13.6. The number of hydrogen-bond donors (Lipinski definition) is 0. The van der Waals surface area contributed by atoms with E-state index in [4.69, 9.17) is 14.2 Å². The van der Waals surface area contributed by atoms with Gasteiger partial charge in [-0.15, -0.1) is 0 Å². The zero-order valence-corrected chi connectivity index (χ0v) is 12.5. The Balaban J connectivity index is 2.13. The molecule has 22 heavy (non-hydrogen) atoms. The van der Waals surface area contributed by atoms with Gasteiger partial charge in [0.2, 0.25) is 0 Å². The number of hydrogen-bond acceptors (Lipinski definition) is 4. The van der Waals surface area contributed by atoms with Crippen molar-refractivity contribution >= 4 is 6.29 Å². The molecule has 0 aliphatic rings. The maximum Gasteiger partial charge on any atom is 0.165 e. The lowest BCUT2D eigenvalue weighted by molar-refractivity contribution is 0.112. The summed E-state index contributed by atoms with van der Waals surface area (Å²) in [4.78, 5) is 10.8. The summed E-state index contributed by atoms with van der Waals surface area (Å²) in [6.07, 6.45) is 0.741. The van der Waals surface area contributed by atoms with Crippen LogP contribution in [0.3, 0.4) is 0 Å².